The van der Waals surface area contributed by atoms with E-state index < -0.39 is 35.1 Å². The molecule has 0 aliphatic heterocycles. The Morgan fingerprint density at radius 2 is 1.06 bits per heavy atom. The van der Waals surface area contributed by atoms with Crippen molar-refractivity contribution >= 4 is 11.9 Å². The third-order valence-corrected chi connectivity index (χ3v) is 7.72. The van der Waals surface area contributed by atoms with Gasteiger partial charge in [-0.2, -0.15) is 8.78 Å². The van der Waals surface area contributed by atoms with Gasteiger partial charge in [-0.15, -0.1) is 0 Å². The average molecular weight is 479 g/mol. The summed E-state index contributed by atoms with van der Waals surface area (Å²) in [6, 6.07) is 2.35. The van der Waals surface area contributed by atoms with Gasteiger partial charge in [-0.25, -0.2) is 0 Å². The molecule has 2 saturated carbocycles. The third kappa shape index (κ3) is 7.26. The Bertz CT molecular complexity index is 742. The van der Waals surface area contributed by atoms with Crippen molar-refractivity contribution in [1.29, 1.82) is 0 Å². The summed E-state index contributed by atoms with van der Waals surface area (Å²) in [6.45, 7) is 4.34. The molecule has 0 bridgehead atoms. The maximum atomic E-state index is 14.6. The second kappa shape index (κ2) is 13.2. The van der Waals surface area contributed by atoms with Gasteiger partial charge in [0.1, 0.15) is 0 Å². The summed E-state index contributed by atoms with van der Waals surface area (Å²) < 4.78 is 39.6. The molecular formula is C28H40F2O4. The summed E-state index contributed by atoms with van der Waals surface area (Å²) in [5.74, 6) is -3.82. The summed E-state index contributed by atoms with van der Waals surface area (Å²) in [4.78, 5) is 25.0. The number of hydrogen-bond donors (Lipinski definition) is 0. The molecule has 3 rings (SSSR count). The van der Waals surface area contributed by atoms with Gasteiger partial charge in [-0.05, 0) is 75.3 Å². The Kier molecular flexibility index (Phi) is 10.3. The van der Waals surface area contributed by atoms with Crippen molar-refractivity contribution in [2.75, 3.05) is 0 Å². The Labute approximate surface area is 202 Å². The Morgan fingerprint density at radius 1 is 0.706 bits per heavy atom. The van der Waals surface area contributed by atoms with Crippen LogP contribution in [0, 0.1) is 35.3 Å². The molecular weight excluding hydrogens is 438 g/mol. The summed E-state index contributed by atoms with van der Waals surface area (Å²) in [7, 11) is 0. The van der Waals surface area contributed by atoms with Crippen LogP contribution in [0.15, 0.2) is 12.1 Å². The molecule has 4 nitrogen and oxygen atoms in total. The molecule has 1 aromatic rings. The summed E-state index contributed by atoms with van der Waals surface area (Å²) in [5.41, 5.74) is 0. The number of rotatable bonds is 10. The van der Waals surface area contributed by atoms with E-state index in [0.717, 1.165) is 38.5 Å². The molecule has 2 fully saturated rings. The molecule has 0 saturated heterocycles. The largest absolute Gasteiger partial charge is 0.423 e. The maximum absolute atomic E-state index is 14.6. The van der Waals surface area contributed by atoms with E-state index in [2.05, 4.69) is 13.8 Å². The van der Waals surface area contributed by atoms with Crippen molar-refractivity contribution in [2.24, 2.45) is 23.7 Å². The number of benzene rings is 1. The van der Waals surface area contributed by atoms with Gasteiger partial charge >= 0.3 is 11.9 Å². The zero-order valence-electron chi connectivity index (χ0n) is 20.8. The van der Waals surface area contributed by atoms with E-state index in [1.807, 2.05) is 0 Å². The second-order valence-electron chi connectivity index (χ2n) is 10.3. The lowest BCUT2D eigenvalue weighted by Crippen LogP contribution is -2.26. The van der Waals surface area contributed by atoms with Gasteiger partial charge in [0.25, 0.3) is 0 Å². The lowest BCUT2D eigenvalue weighted by molar-refractivity contribution is -0.141. The van der Waals surface area contributed by atoms with E-state index in [-0.39, 0.29) is 11.8 Å². The topological polar surface area (TPSA) is 52.6 Å². The molecule has 0 spiro atoms. The summed E-state index contributed by atoms with van der Waals surface area (Å²) >= 11 is 0. The quantitative estimate of drug-likeness (QED) is 0.255. The fourth-order valence-corrected chi connectivity index (χ4v) is 5.41. The highest BCUT2D eigenvalue weighted by Gasteiger charge is 2.31. The van der Waals surface area contributed by atoms with E-state index in [1.54, 1.807) is 0 Å². The van der Waals surface area contributed by atoms with Crippen LogP contribution in [0.3, 0.4) is 0 Å². The molecule has 1 aromatic carbocycles. The average Bonchev–Trinajstić information content (AvgIpc) is 2.86. The molecule has 0 atom stereocenters. The van der Waals surface area contributed by atoms with Gasteiger partial charge in [0, 0.05) is 0 Å². The fraction of sp³-hybridized carbons (Fsp3) is 0.714. The van der Waals surface area contributed by atoms with E-state index in [9.17, 15) is 18.4 Å². The highest BCUT2D eigenvalue weighted by molar-refractivity contribution is 5.76. The molecule has 0 heterocycles. The van der Waals surface area contributed by atoms with Gasteiger partial charge in [0.2, 0.25) is 11.6 Å². The first kappa shape index (κ1) is 26.6. The number of esters is 2. The second-order valence-corrected chi connectivity index (χ2v) is 10.3. The first-order valence-electron chi connectivity index (χ1n) is 13.3. The zero-order chi connectivity index (χ0) is 24.5. The van der Waals surface area contributed by atoms with Crippen LogP contribution in [0.4, 0.5) is 8.78 Å². The van der Waals surface area contributed by atoms with Gasteiger partial charge in [-0.3, -0.25) is 9.59 Å². The fourth-order valence-electron chi connectivity index (χ4n) is 5.41. The molecule has 2 aliphatic carbocycles. The smallest absolute Gasteiger partial charge is 0.314 e. The van der Waals surface area contributed by atoms with Crippen LogP contribution in [0.1, 0.15) is 104 Å². The van der Waals surface area contributed by atoms with Gasteiger partial charge in [0.15, 0.2) is 11.5 Å². The number of carbonyl (C=O) groups is 2. The first-order chi connectivity index (χ1) is 16.4. The number of ether oxygens (including phenoxy) is 2. The minimum atomic E-state index is -1.29. The maximum Gasteiger partial charge on any atom is 0.314 e. The van der Waals surface area contributed by atoms with E-state index in [4.69, 9.17) is 9.47 Å². The predicted octanol–water partition coefficient (Wildman–Crippen LogP) is 7.77. The molecule has 34 heavy (non-hydrogen) atoms. The Morgan fingerprint density at radius 3 is 1.38 bits per heavy atom. The zero-order valence-corrected chi connectivity index (χ0v) is 20.8. The molecule has 2 aliphatic rings. The minimum Gasteiger partial charge on any atom is -0.423 e. The van der Waals surface area contributed by atoms with Crippen LogP contribution in [-0.4, -0.2) is 11.9 Å². The standard InChI is InChI=1S/C28H40F2O4/c1-3-5-7-19-9-13-21(14-10-19)27(31)33-23-17-18-24(26(30)25(23)29)34-28(32)22-15-11-20(12-16-22)8-6-4-2/h17-22H,3-16H2,1-2H3/t19-,20-,21-,22-. The van der Waals surface area contributed by atoms with Crippen molar-refractivity contribution in [1.82, 2.24) is 0 Å². The first-order valence-corrected chi connectivity index (χ1v) is 13.3. The summed E-state index contributed by atoms with van der Waals surface area (Å²) in [6.07, 6.45) is 13.8. The summed E-state index contributed by atoms with van der Waals surface area (Å²) in [5, 5.41) is 0. The van der Waals surface area contributed by atoms with Crippen molar-refractivity contribution in [3.8, 4) is 11.5 Å². The molecule has 0 radical (unpaired) electrons. The van der Waals surface area contributed by atoms with Crippen LogP contribution in [0.5, 0.6) is 11.5 Å². The molecule has 0 unspecified atom stereocenters. The third-order valence-electron chi connectivity index (χ3n) is 7.72. The monoisotopic (exact) mass is 478 g/mol. The van der Waals surface area contributed by atoms with Crippen molar-refractivity contribution in [3.63, 3.8) is 0 Å². The molecule has 6 heteroatoms. The van der Waals surface area contributed by atoms with Crippen LogP contribution in [0.2, 0.25) is 0 Å². The van der Waals surface area contributed by atoms with Crippen LogP contribution < -0.4 is 9.47 Å². The number of unbranched alkanes of at least 4 members (excludes halogenated alkanes) is 2. The van der Waals surface area contributed by atoms with Gasteiger partial charge in [-0.1, -0.05) is 52.4 Å². The van der Waals surface area contributed by atoms with Crippen LogP contribution in [0.25, 0.3) is 0 Å². The van der Waals surface area contributed by atoms with Gasteiger partial charge in [0.05, 0.1) is 11.8 Å². The lowest BCUT2D eigenvalue weighted by atomic mass is 9.80. The SMILES string of the molecule is CCCC[C@H]1CC[C@H](C(=O)Oc2ccc(OC(=O)[C@H]3CC[C@H](CCCC)CC3)c(F)c2F)CC1. The van der Waals surface area contributed by atoms with Crippen LogP contribution in [-0.2, 0) is 9.59 Å². The molecule has 0 aromatic heterocycles. The lowest BCUT2D eigenvalue weighted by Gasteiger charge is -2.27. The molecule has 0 amide bonds. The minimum absolute atomic E-state index is 0.287. The molecule has 0 N–H and O–H groups in total. The highest BCUT2D eigenvalue weighted by Crippen LogP contribution is 2.36. The number of carbonyl (C=O) groups excluding carboxylic acids is 2. The van der Waals surface area contributed by atoms with E-state index in [1.165, 1.54) is 37.8 Å². The Hall–Kier alpha value is -1.98. The van der Waals surface area contributed by atoms with E-state index >= 15 is 0 Å². The Balaban J connectivity index is 1.51. The number of hydrogen-bond acceptors (Lipinski definition) is 4. The van der Waals surface area contributed by atoms with Gasteiger partial charge < -0.3 is 9.47 Å². The van der Waals surface area contributed by atoms with Crippen molar-refractivity contribution < 1.29 is 27.8 Å². The predicted molar refractivity (Wildman–Crippen MR) is 128 cm³/mol. The highest BCUT2D eigenvalue weighted by atomic mass is 19.2. The van der Waals surface area contributed by atoms with Crippen molar-refractivity contribution in [2.45, 2.75) is 104 Å². The number of halogens is 2. The molecule has 190 valence electrons. The van der Waals surface area contributed by atoms with Crippen LogP contribution >= 0.6 is 0 Å². The normalized spacial score (nSPS) is 25.1. The van der Waals surface area contributed by atoms with E-state index in [0.29, 0.717) is 37.5 Å². The van der Waals surface area contributed by atoms with Crippen molar-refractivity contribution in [3.05, 3.63) is 23.8 Å².